The number of nitrogens with zero attached hydrogens (tertiary/aromatic N) is 3. The number of rotatable bonds is 6. The lowest BCUT2D eigenvalue weighted by molar-refractivity contribution is 0.0628. The lowest BCUT2D eigenvalue weighted by Gasteiger charge is -2.35. The number of benzene rings is 2. The molecule has 1 aliphatic rings. The monoisotopic (exact) mass is 484 g/mol. The number of carbonyl (C=O) groups is 1. The van der Waals surface area contributed by atoms with Crippen molar-refractivity contribution in [2.75, 3.05) is 30.9 Å². The fourth-order valence-corrected chi connectivity index (χ4v) is 5.06. The number of anilines is 1. The first-order chi connectivity index (χ1) is 15.8. The molecule has 0 bridgehead atoms. The number of carbonyl (C=O) groups excluding carboxylic acids is 1. The van der Waals surface area contributed by atoms with E-state index in [0.717, 1.165) is 17.7 Å². The third-order valence-corrected chi connectivity index (χ3v) is 7.25. The van der Waals surface area contributed by atoms with E-state index in [-0.39, 0.29) is 21.4 Å². The Labute approximate surface area is 199 Å². The van der Waals surface area contributed by atoms with E-state index in [1.54, 1.807) is 29.3 Å². The summed E-state index contributed by atoms with van der Waals surface area (Å²) in [6.45, 7) is 5.15. The minimum Gasteiger partial charge on any atom is -0.336 e. The van der Waals surface area contributed by atoms with Gasteiger partial charge in [-0.05, 0) is 54.4 Å². The third kappa shape index (κ3) is 5.71. The molecule has 172 valence electrons. The zero-order valence-electron chi connectivity index (χ0n) is 18.2. The lowest BCUT2D eigenvalue weighted by atomic mass is 10.1. The minimum absolute atomic E-state index is 0.00744. The highest BCUT2D eigenvalue weighted by atomic mass is 35.5. The van der Waals surface area contributed by atoms with Gasteiger partial charge >= 0.3 is 0 Å². The molecule has 1 N–H and O–H groups in total. The van der Waals surface area contributed by atoms with Gasteiger partial charge in [0.25, 0.3) is 15.9 Å². The maximum absolute atomic E-state index is 13.2. The van der Waals surface area contributed by atoms with Crippen LogP contribution in [-0.2, 0) is 16.6 Å². The first kappa shape index (κ1) is 23.2. The number of sulfonamides is 1. The van der Waals surface area contributed by atoms with Gasteiger partial charge in [-0.15, -0.1) is 0 Å². The Morgan fingerprint density at radius 3 is 2.55 bits per heavy atom. The largest absolute Gasteiger partial charge is 0.336 e. The fraction of sp³-hybridized carbons (Fsp3) is 0.250. The van der Waals surface area contributed by atoms with Crippen molar-refractivity contribution < 1.29 is 13.2 Å². The van der Waals surface area contributed by atoms with E-state index in [1.807, 2.05) is 31.3 Å². The second kappa shape index (κ2) is 9.91. The molecule has 9 heteroatoms. The molecule has 1 saturated heterocycles. The Balaban J connectivity index is 1.45. The zero-order valence-corrected chi connectivity index (χ0v) is 19.8. The minimum atomic E-state index is -3.87. The Morgan fingerprint density at radius 1 is 1.06 bits per heavy atom. The predicted octanol–water partition coefficient (Wildman–Crippen LogP) is 3.80. The van der Waals surface area contributed by atoms with Gasteiger partial charge in [0.05, 0.1) is 15.5 Å². The lowest BCUT2D eigenvalue weighted by Crippen LogP contribution is -2.48. The van der Waals surface area contributed by atoms with Crippen LogP contribution in [0.5, 0.6) is 0 Å². The van der Waals surface area contributed by atoms with Gasteiger partial charge in [0.1, 0.15) is 0 Å². The van der Waals surface area contributed by atoms with Crippen LogP contribution in [0.25, 0.3) is 0 Å². The van der Waals surface area contributed by atoms with Gasteiger partial charge in [0.15, 0.2) is 0 Å². The average Bonchev–Trinajstić information content (AvgIpc) is 2.80. The quantitative estimate of drug-likeness (QED) is 0.575. The summed E-state index contributed by atoms with van der Waals surface area (Å²) in [5, 5.41) is 0.229. The van der Waals surface area contributed by atoms with Crippen molar-refractivity contribution >= 4 is 33.2 Å². The van der Waals surface area contributed by atoms with E-state index >= 15 is 0 Å². The van der Waals surface area contributed by atoms with Crippen LogP contribution in [0.1, 0.15) is 21.5 Å². The van der Waals surface area contributed by atoms with Crippen LogP contribution in [0.15, 0.2) is 71.9 Å². The molecular weight excluding hydrogens is 460 g/mol. The standard InChI is InChI=1S/C24H25ClN4O3S/c1-18-4-2-6-20(14-18)27-33(31,32)21-7-8-23(25)22(15-21)24(30)29-12-10-28(11-13-29)17-19-5-3-9-26-16-19/h2-9,14-16,27H,10-13,17H2,1H3. The van der Waals surface area contributed by atoms with E-state index in [4.69, 9.17) is 11.6 Å². The summed E-state index contributed by atoms with van der Waals surface area (Å²) in [6.07, 6.45) is 3.59. The normalized spacial score (nSPS) is 14.8. The summed E-state index contributed by atoms with van der Waals surface area (Å²) in [7, 11) is -3.87. The van der Waals surface area contributed by atoms with Crippen molar-refractivity contribution in [3.63, 3.8) is 0 Å². The number of amides is 1. The number of hydrogen-bond donors (Lipinski definition) is 1. The van der Waals surface area contributed by atoms with Crippen molar-refractivity contribution in [2.45, 2.75) is 18.4 Å². The Bertz CT molecular complexity index is 1240. The molecule has 0 radical (unpaired) electrons. The van der Waals surface area contributed by atoms with E-state index in [1.165, 1.54) is 18.2 Å². The van der Waals surface area contributed by atoms with Gasteiger partial charge in [-0.2, -0.15) is 0 Å². The molecule has 0 unspecified atom stereocenters. The highest BCUT2D eigenvalue weighted by Gasteiger charge is 2.25. The summed E-state index contributed by atoms with van der Waals surface area (Å²) >= 11 is 6.30. The Kier molecular flexibility index (Phi) is 6.97. The molecule has 2 aromatic carbocycles. The van der Waals surface area contributed by atoms with E-state index in [2.05, 4.69) is 14.6 Å². The van der Waals surface area contributed by atoms with Gasteiger partial charge in [0, 0.05) is 50.8 Å². The van der Waals surface area contributed by atoms with Crippen molar-refractivity contribution in [3.8, 4) is 0 Å². The van der Waals surface area contributed by atoms with Gasteiger partial charge in [-0.1, -0.05) is 29.8 Å². The van der Waals surface area contributed by atoms with Crippen molar-refractivity contribution in [3.05, 3.63) is 88.7 Å². The molecule has 0 saturated carbocycles. The Hall–Kier alpha value is -2.94. The second-order valence-corrected chi connectivity index (χ2v) is 10.1. The molecule has 1 aliphatic heterocycles. The molecule has 1 aromatic heterocycles. The molecule has 7 nitrogen and oxygen atoms in total. The van der Waals surface area contributed by atoms with Gasteiger partial charge in [-0.25, -0.2) is 8.42 Å². The molecule has 1 fully saturated rings. The fourth-order valence-electron chi connectivity index (χ4n) is 3.79. The molecule has 4 rings (SSSR count). The van der Waals surface area contributed by atoms with Crippen LogP contribution in [0, 0.1) is 6.92 Å². The summed E-state index contributed by atoms with van der Waals surface area (Å²) < 4.78 is 28.4. The molecule has 0 aliphatic carbocycles. The van der Waals surface area contributed by atoms with Crippen LogP contribution in [0.2, 0.25) is 5.02 Å². The summed E-state index contributed by atoms with van der Waals surface area (Å²) in [5.74, 6) is -0.270. The number of piperazine rings is 1. The van der Waals surface area contributed by atoms with Crippen LogP contribution in [0.3, 0.4) is 0 Å². The van der Waals surface area contributed by atoms with Crippen LogP contribution in [-0.4, -0.2) is 55.3 Å². The molecule has 0 atom stereocenters. The highest BCUT2D eigenvalue weighted by molar-refractivity contribution is 7.92. The summed E-state index contributed by atoms with van der Waals surface area (Å²) in [4.78, 5) is 21.3. The Morgan fingerprint density at radius 2 is 1.85 bits per heavy atom. The molecule has 2 heterocycles. The van der Waals surface area contributed by atoms with Crippen molar-refractivity contribution in [2.24, 2.45) is 0 Å². The van der Waals surface area contributed by atoms with E-state index in [0.29, 0.717) is 31.9 Å². The van der Waals surface area contributed by atoms with Crippen molar-refractivity contribution in [1.82, 2.24) is 14.8 Å². The van der Waals surface area contributed by atoms with E-state index < -0.39 is 10.0 Å². The van der Waals surface area contributed by atoms with Crippen LogP contribution >= 0.6 is 11.6 Å². The highest BCUT2D eigenvalue weighted by Crippen LogP contribution is 2.25. The number of pyridine rings is 1. The van der Waals surface area contributed by atoms with Crippen LogP contribution < -0.4 is 4.72 Å². The van der Waals surface area contributed by atoms with Gasteiger partial charge in [-0.3, -0.25) is 19.4 Å². The smallest absolute Gasteiger partial charge is 0.261 e. The maximum Gasteiger partial charge on any atom is 0.261 e. The van der Waals surface area contributed by atoms with E-state index in [9.17, 15) is 13.2 Å². The molecule has 1 amide bonds. The zero-order chi connectivity index (χ0) is 23.4. The molecule has 0 spiro atoms. The molecular formula is C24H25ClN4O3S. The van der Waals surface area contributed by atoms with Crippen LogP contribution in [0.4, 0.5) is 5.69 Å². The maximum atomic E-state index is 13.2. The molecule has 33 heavy (non-hydrogen) atoms. The van der Waals surface area contributed by atoms with Gasteiger partial charge < -0.3 is 4.90 Å². The molecule has 3 aromatic rings. The topological polar surface area (TPSA) is 82.6 Å². The van der Waals surface area contributed by atoms with Gasteiger partial charge in [0.2, 0.25) is 0 Å². The predicted molar refractivity (Wildman–Crippen MR) is 129 cm³/mol. The summed E-state index contributed by atoms with van der Waals surface area (Å²) in [5.41, 5.74) is 2.70. The SMILES string of the molecule is Cc1cccc(NS(=O)(=O)c2ccc(Cl)c(C(=O)N3CCN(Cc4cccnc4)CC3)c2)c1. The second-order valence-electron chi connectivity index (χ2n) is 8.05. The third-order valence-electron chi connectivity index (χ3n) is 5.54. The average molecular weight is 485 g/mol. The number of halogens is 1. The summed E-state index contributed by atoms with van der Waals surface area (Å²) in [6, 6.07) is 15.2. The number of aryl methyl sites for hydroxylation is 1. The van der Waals surface area contributed by atoms with Crippen molar-refractivity contribution in [1.29, 1.82) is 0 Å². The number of nitrogens with one attached hydrogen (secondary N) is 1. The first-order valence-corrected chi connectivity index (χ1v) is 12.5. The first-order valence-electron chi connectivity index (χ1n) is 10.6. The number of hydrogen-bond acceptors (Lipinski definition) is 5. The number of aromatic nitrogens is 1.